The molecular formula is C21H25NO5. The van der Waals surface area contributed by atoms with Crippen LogP contribution < -0.4 is 29.7 Å². The average Bonchev–Trinajstić information content (AvgIpc) is 2.94. The number of hydrogen-bond donors (Lipinski definition) is 1. The molecule has 2 aromatic carbocycles. The Labute approximate surface area is 159 Å². The van der Waals surface area contributed by atoms with E-state index in [4.69, 9.17) is 18.9 Å². The first-order valence-corrected chi connectivity index (χ1v) is 8.81. The number of benzene rings is 1. The predicted molar refractivity (Wildman–Crippen MR) is 104 cm³/mol. The summed E-state index contributed by atoms with van der Waals surface area (Å²) in [6.07, 6.45) is 1.64. The van der Waals surface area contributed by atoms with E-state index in [2.05, 4.69) is 5.32 Å². The third kappa shape index (κ3) is 3.21. The maximum atomic E-state index is 12.6. The maximum Gasteiger partial charge on any atom is 0.220 e. The van der Waals surface area contributed by atoms with Crippen molar-refractivity contribution in [2.45, 2.75) is 18.9 Å². The summed E-state index contributed by atoms with van der Waals surface area (Å²) in [7, 11) is 8.21. The molecule has 0 aliphatic heterocycles. The van der Waals surface area contributed by atoms with Gasteiger partial charge in [0.1, 0.15) is 0 Å². The molecule has 1 N–H and O–H groups in total. The van der Waals surface area contributed by atoms with Crippen molar-refractivity contribution < 1.29 is 18.9 Å². The van der Waals surface area contributed by atoms with Crippen molar-refractivity contribution in [2.75, 3.05) is 35.5 Å². The van der Waals surface area contributed by atoms with Gasteiger partial charge in [-0.05, 0) is 54.8 Å². The van der Waals surface area contributed by atoms with Crippen LogP contribution in [0.3, 0.4) is 0 Å². The molecule has 1 atom stereocenters. The van der Waals surface area contributed by atoms with E-state index in [1.54, 1.807) is 33.5 Å². The molecule has 0 heterocycles. The van der Waals surface area contributed by atoms with Crippen molar-refractivity contribution in [3.63, 3.8) is 0 Å². The molecule has 0 bridgehead atoms. The summed E-state index contributed by atoms with van der Waals surface area (Å²) in [4.78, 5) is 12.6. The topological polar surface area (TPSA) is 66.0 Å². The highest BCUT2D eigenvalue weighted by Gasteiger charge is 2.28. The minimum Gasteiger partial charge on any atom is -0.493 e. The van der Waals surface area contributed by atoms with Crippen LogP contribution in [0.1, 0.15) is 23.6 Å². The van der Waals surface area contributed by atoms with Gasteiger partial charge < -0.3 is 24.3 Å². The van der Waals surface area contributed by atoms with Gasteiger partial charge in [0.05, 0.1) is 28.4 Å². The van der Waals surface area contributed by atoms with Gasteiger partial charge in [-0.25, -0.2) is 0 Å². The van der Waals surface area contributed by atoms with Gasteiger partial charge in [-0.15, -0.1) is 0 Å². The fraction of sp³-hybridized carbons (Fsp3) is 0.381. The minimum atomic E-state index is -0.151. The molecule has 2 aromatic rings. The van der Waals surface area contributed by atoms with E-state index in [0.717, 1.165) is 35.1 Å². The molecule has 0 aromatic heterocycles. The van der Waals surface area contributed by atoms with Gasteiger partial charge in [-0.3, -0.25) is 4.79 Å². The molecule has 144 valence electrons. The quantitative estimate of drug-likeness (QED) is 0.869. The summed E-state index contributed by atoms with van der Waals surface area (Å²) in [6.45, 7) is 0. The number of aryl methyl sites for hydroxylation is 1. The second kappa shape index (κ2) is 7.88. The number of fused-ring (bicyclic) bond motifs is 3. The summed E-state index contributed by atoms with van der Waals surface area (Å²) in [5.41, 5.74) is 3.68. The van der Waals surface area contributed by atoms with Crippen molar-refractivity contribution >= 4 is 0 Å². The van der Waals surface area contributed by atoms with Crippen molar-refractivity contribution in [3.05, 3.63) is 45.6 Å². The molecule has 0 fully saturated rings. The van der Waals surface area contributed by atoms with E-state index in [0.29, 0.717) is 23.0 Å². The molecule has 6 heteroatoms. The Morgan fingerprint density at radius 1 is 0.963 bits per heavy atom. The summed E-state index contributed by atoms with van der Waals surface area (Å²) >= 11 is 0. The lowest BCUT2D eigenvalue weighted by Crippen LogP contribution is -2.17. The van der Waals surface area contributed by atoms with Gasteiger partial charge in [0, 0.05) is 11.6 Å². The largest absolute Gasteiger partial charge is 0.493 e. The van der Waals surface area contributed by atoms with E-state index < -0.39 is 0 Å². The third-order valence-corrected chi connectivity index (χ3v) is 5.07. The van der Waals surface area contributed by atoms with Crippen LogP contribution in [0.15, 0.2) is 29.1 Å². The van der Waals surface area contributed by atoms with Crippen LogP contribution in [-0.4, -0.2) is 35.5 Å². The van der Waals surface area contributed by atoms with Gasteiger partial charge in [-0.1, -0.05) is 6.07 Å². The molecule has 0 saturated carbocycles. The first-order chi connectivity index (χ1) is 13.1. The van der Waals surface area contributed by atoms with E-state index >= 15 is 0 Å². The van der Waals surface area contributed by atoms with E-state index in [-0.39, 0.29) is 11.5 Å². The van der Waals surface area contributed by atoms with Crippen molar-refractivity contribution in [2.24, 2.45) is 0 Å². The van der Waals surface area contributed by atoms with Gasteiger partial charge >= 0.3 is 0 Å². The van der Waals surface area contributed by atoms with Gasteiger partial charge in [0.2, 0.25) is 11.2 Å². The monoisotopic (exact) mass is 373 g/mol. The number of nitrogens with one attached hydrogen (secondary N) is 1. The SMILES string of the molecule is CN[C@@H]1[14CH2]Cc2cc(OC)c(OC)c(OC)c2-c2ccc(OC)c(=O)cc21. The zero-order valence-corrected chi connectivity index (χ0v) is 16.3. The second-order valence-electron chi connectivity index (χ2n) is 6.34. The van der Waals surface area contributed by atoms with E-state index in [1.807, 2.05) is 19.2 Å². The van der Waals surface area contributed by atoms with Crippen molar-refractivity contribution in [1.82, 2.24) is 5.32 Å². The fourth-order valence-corrected chi connectivity index (χ4v) is 3.77. The summed E-state index contributed by atoms with van der Waals surface area (Å²) in [6, 6.07) is 7.29. The first kappa shape index (κ1) is 19.0. The zero-order valence-electron chi connectivity index (χ0n) is 16.3. The molecule has 0 spiro atoms. The lowest BCUT2D eigenvalue weighted by Gasteiger charge is -2.19. The average molecular weight is 373 g/mol. The highest BCUT2D eigenvalue weighted by Crippen LogP contribution is 2.50. The van der Waals surface area contributed by atoms with Crippen LogP contribution >= 0.6 is 0 Å². The molecule has 6 nitrogen and oxygen atoms in total. The van der Waals surface area contributed by atoms with Crippen LogP contribution in [0.5, 0.6) is 23.0 Å². The van der Waals surface area contributed by atoms with Crippen LogP contribution in [0.4, 0.5) is 0 Å². The molecular weight excluding hydrogens is 348 g/mol. The standard InChI is InChI=1S/C21H25NO5/c1-22-15-8-6-12-10-18(25-3)20(26-4)21(27-5)19(12)13-7-9-17(24-2)16(23)11-14(13)15/h7,9-11,15,22H,6,8H2,1-5H3/t15-/m1/s1/i8+2. The van der Waals surface area contributed by atoms with Crippen LogP contribution in [0, 0.1) is 0 Å². The number of methoxy groups -OCH3 is 4. The smallest absolute Gasteiger partial charge is 0.220 e. The molecule has 1 aliphatic carbocycles. The van der Waals surface area contributed by atoms with Gasteiger partial charge in [0.25, 0.3) is 0 Å². The van der Waals surface area contributed by atoms with Crippen LogP contribution in [0.25, 0.3) is 11.1 Å². The Bertz CT molecular complexity index is 910. The molecule has 0 saturated heterocycles. The Hall–Kier alpha value is -2.73. The van der Waals surface area contributed by atoms with Crippen LogP contribution in [-0.2, 0) is 6.42 Å². The zero-order chi connectivity index (χ0) is 19.6. The molecule has 0 amide bonds. The summed E-state index contributed by atoms with van der Waals surface area (Å²) < 4.78 is 22.1. The van der Waals surface area contributed by atoms with Crippen molar-refractivity contribution in [1.29, 1.82) is 0 Å². The Morgan fingerprint density at radius 3 is 2.26 bits per heavy atom. The van der Waals surface area contributed by atoms with Gasteiger partial charge in [0.15, 0.2) is 17.2 Å². The summed E-state index contributed by atoms with van der Waals surface area (Å²) in [5, 5.41) is 3.33. The Kier molecular flexibility index (Phi) is 5.56. The summed E-state index contributed by atoms with van der Waals surface area (Å²) in [5.74, 6) is 2.06. The van der Waals surface area contributed by atoms with Crippen LogP contribution in [0.2, 0.25) is 0 Å². The molecule has 27 heavy (non-hydrogen) atoms. The predicted octanol–water partition coefficient (Wildman–Crippen LogP) is 2.95. The maximum absolute atomic E-state index is 12.6. The lowest BCUT2D eigenvalue weighted by atomic mass is 9.95. The lowest BCUT2D eigenvalue weighted by molar-refractivity contribution is 0.324. The van der Waals surface area contributed by atoms with E-state index in [9.17, 15) is 4.79 Å². The molecule has 0 unspecified atom stereocenters. The van der Waals surface area contributed by atoms with Gasteiger partial charge in [-0.2, -0.15) is 0 Å². The fourth-order valence-electron chi connectivity index (χ4n) is 3.77. The number of ether oxygens (including phenoxy) is 4. The van der Waals surface area contributed by atoms with E-state index in [1.165, 1.54) is 7.11 Å². The highest BCUT2D eigenvalue weighted by molar-refractivity contribution is 5.82. The normalized spacial score (nSPS) is 15.2. The second-order valence-corrected chi connectivity index (χ2v) is 6.34. The molecule has 0 radical (unpaired) electrons. The highest BCUT2D eigenvalue weighted by atomic mass is 16.5. The minimum absolute atomic E-state index is 0.0268. The Balaban J connectivity index is 2.43. The molecule has 3 rings (SSSR count). The molecule has 1 aliphatic rings. The first-order valence-electron chi connectivity index (χ1n) is 8.81. The number of rotatable bonds is 5. The third-order valence-electron chi connectivity index (χ3n) is 5.07. The Morgan fingerprint density at radius 2 is 1.67 bits per heavy atom. The van der Waals surface area contributed by atoms with Crippen molar-refractivity contribution in [3.8, 4) is 34.1 Å². The number of hydrogen-bond acceptors (Lipinski definition) is 6.